The highest BCUT2D eigenvalue weighted by molar-refractivity contribution is 7.47. The van der Waals surface area contributed by atoms with Gasteiger partial charge >= 0.3 is 13.8 Å². The van der Waals surface area contributed by atoms with Gasteiger partial charge in [-0.2, -0.15) is 0 Å². The molecule has 0 rings (SSSR count). The number of hydrogen-bond acceptors (Lipinski definition) is 7. The fourth-order valence-electron chi connectivity index (χ4n) is 6.82. The van der Waals surface area contributed by atoms with Gasteiger partial charge in [0.05, 0.1) is 13.2 Å². The normalized spacial score (nSPS) is 13.5. The number of phosphoric acid groups is 1. The number of hydrogen-bond donors (Lipinski definition) is 3. The third kappa shape index (κ3) is 47.1. The smallest absolute Gasteiger partial charge is 0.463 e. The predicted octanol–water partition coefficient (Wildman–Crippen LogP) is 14.1. The molecule has 10 heteroatoms. The van der Waals surface area contributed by atoms with Crippen molar-refractivity contribution in [1.29, 1.82) is 0 Å². The molecule has 0 saturated carbocycles. The molecular formula is C49H92NO8P. The Morgan fingerprint density at radius 1 is 0.525 bits per heavy atom. The van der Waals surface area contributed by atoms with Crippen LogP contribution < -0.4 is 5.32 Å². The van der Waals surface area contributed by atoms with Crippen LogP contribution in [-0.2, 0) is 27.9 Å². The first-order valence-electron chi connectivity index (χ1n) is 24.5. The van der Waals surface area contributed by atoms with E-state index < -0.39 is 26.5 Å². The molecule has 0 fully saturated rings. The number of nitrogens with one attached hydrogen (secondary N) is 1. The number of phosphoric ester groups is 1. The van der Waals surface area contributed by atoms with Crippen LogP contribution in [0, 0.1) is 0 Å². The summed E-state index contributed by atoms with van der Waals surface area (Å²) in [7, 11) is -4.42. The first-order chi connectivity index (χ1) is 28.8. The van der Waals surface area contributed by atoms with Gasteiger partial charge in [-0.25, -0.2) is 4.57 Å². The minimum absolute atomic E-state index is 0.0797. The van der Waals surface area contributed by atoms with E-state index in [1.165, 1.54) is 161 Å². The first kappa shape index (κ1) is 57.2. The Bertz CT molecular complexity index is 1060. The molecule has 2 unspecified atom stereocenters. The monoisotopic (exact) mass is 854 g/mol. The second-order valence-corrected chi connectivity index (χ2v) is 17.9. The molecule has 0 radical (unpaired) electrons. The molecule has 59 heavy (non-hydrogen) atoms. The number of amides is 1. The number of esters is 1. The number of carbonyl (C=O) groups is 2. The van der Waals surface area contributed by atoms with Crippen molar-refractivity contribution in [3.63, 3.8) is 0 Å². The minimum Gasteiger partial charge on any atom is -0.463 e. The van der Waals surface area contributed by atoms with Crippen LogP contribution in [0.3, 0.4) is 0 Å². The lowest BCUT2D eigenvalue weighted by molar-refractivity contribution is -0.147. The van der Waals surface area contributed by atoms with Crippen molar-refractivity contribution in [3.05, 3.63) is 36.5 Å². The van der Waals surface area contributed by atoms with Crippen molar-refractivity contribution in [2.75, 3.05) is 26.4 Å². The van der Waals surface area contributed by atoms with Gasteiger partial charge < -0.3 is 20.1 Å². The third-order valence-corrected chi connectivity index (χ3v) is 11.5. The van der Waals surface area contributed by atoms with Crippen LogP contribution in [0.25, 0.3) is 0 Å². The number of aliphatic hydroxyl groups excluding tert-OH is 1. The van der Waals surface area contributed by atoms with Crippen LogP contribution in [-0.4, -0.2) is 54.3 Å². The van der Waals surface area contributed by atoms with E-state index in [1.807, 2.05) is 0 Å². The van der Waals surface area contributed by atoms with Crippen molar-refractivity contribution >= 4 is 19.7 Å². The highest BCUT2D eigenvalue weighted by Gasteiger charge is 2.23. The number of carbonyl (C=O) groups excluding carboxylic acids is 2. The van der Waals surface area contributed by atoms with E-state index in [1.54, 1.807) is 0 Å². The third-order valence-electron chi connectivity index (χ3n) is 10.5. The van der Waals surface area contributed by atoms with E-state index in [0.29, 0.717) is 6.42 Å². The van der Waals surface area contributed by atoms with E-state index in [0.717, 1.165) is 44.9 Å². The summed E-state index contributed by atoms with van der Waals surface area (Å²) in [6, 6.07) is 0. The van der Waals surface area contributed by atoms with Crippen molar-refractivity contribution in [2.24, 2.45) is 0 Å². The molecule has 0 bridgehead atoms. The van der Waals surface area contributed by atoms with E-state index >= 15 is 0 Å². The fraction of sp³-hybridized carbons (Fsp3) is 0.837. The Morgan fingerprint density at radius 3 is 1.41 bits per heavy atom. The second kappa shape index (κ2) is 45.7. The second-order valence-electron chi connectivity index (χ2n) is 16.4. The number of ether oxygens (including phenoxy) is 1. The average Bonchev–Trinajstić information content (AvgIpc) is 3.22. The molecular weight excluding hydrogens is 762 g/mol. The van der Waals surface area contributed by atoms with Crippen LogP contribution in [0.2, 0.25) is 0 Å². The van der Waals surface area contributed by atoms with Crippen molar-refractivity contribution < 1.29 is 37.9 Å². The van der Waals surface area contributed by atoms with Crippen LogP contribution >= 0.6 is 7.82 Å². The number of unbranched alkanes of at least 4 members (excludes halogenated alkanes) is 27. The first-order valence-corrected chi connectivity index (χ1v) is 26.0. The number of aliphatic hydroxyl groups is 1. The van der Waals surface area contributed by atoms with Crippen LogP contribution in [0.15, 0.2) is 36.5 Å². The lowest BCUT2D eigenvalue weighted by atomic mass is 10.1. The Balaban J connectivity index is 3.57. The SMILES string of the molecule is CCCCC/C=C\C/C=C\CCCCCCCCCCCC(=O)NCCOP(=O)(O)OCC(O)COC(=O)CCCCCCCCCCC/C=C/CCCCCCCC. The lowest BCUT2D eigenvalue weighted by Gasteiger charge is -2.15. The highest BCUT2D eigenvalue weighted by Crippen LogP contribution is 2.42. The topological polar surface area (TPSA) is 131 Å². The number of allylic oxidation sites excluding steroid dienone is 6. The van der Waals surface area contributed by atoms with Gasteiger partial charge in [-0.3, -0.25) is 18.6 Å². The molecule has 1 amide bonds. The van der Waals surface area contributed by atoms with Crippen LogP contribution in [0.4, 0.5) is 0 Å². The summed E-state index contributed by atoms with van der Waals surface area (Å²) in [5.74, 6) is -0.517. The highest BCUT2D eigenvalue weighted by atomic mass is 31.2. The maximum atomic E-state index is 12.1. The standard InChI is InChI=1S/C49H92NO8P/c1-3-5-7-9-11-13-15-17-19-21-23-25-27-29-31-33-35-37-39-41-48(52)50-43-44-57-59(54,55)58-46-47(51)45-56-49(53)42-40-38-36-34-32-30-28-26-24-22-20-18-16-14-12-10-8-6-4-2/h11,13,17-20,47,51H,3-10,12,14-16,21-46H2,1-2H3,(H,50,52)(H,54,55)/b13-11-,19-17-,20-18+. The van der Waals surface area contributed by atoms with Gasteiger partial charge in [-0.15, -0.1) is 0 Å². The van der Waals surface area contributed by atoms with Gasteiger partial charge in [-0.1, -0.05) is 185 Å². The summed E-state index contributed by atoms with van der Waals surface area (Å²) in [5.41, 5.74) is 0. The Kier molecular flexibility index (Phi) is 44.4. The summed E-state index contributed by atoms with van der Waals surface area (Å²) >= 11 is 0. The van der Waals surface area contributed by atoms with Gasteiger partial charge in [0.2, 0.25) is 5.91 Å². The number of rotatable bonds is 46. The molecule has 0 aliphatic carbocycles. The Labute approximate surface area is 363 Å². The largest absolute Gasteiger partial charge is 0.472 e. The zero-order chi connectivity index (χ0) is 43.2. The maximum Gasteiger partial charge on any atom is 0.472 e. The van der Waals surface area contributed by atoms with Crippen molar-refractivity contribution in [2.45, 2.75) is 238 Å². The maximum absolute atomic E-state index is 12.1. The molecule has 0 heterocycles. The van der Waals surface area contributed by atoms with Crippen LogP contribution in [0.5, 0.6) is 0 Å². The Morgan fingerprint density at radius 2 is 0.915 bits per heavy atom. The molecule has 0 aromatic carbocycles. The molecule has 0 aliphatic rings. The van der Waals surface area contributed by atoms with E-state index in [2.05, 4.69) is 55.6 Å². The fourth-order valence-corrected chi connectivity index (χ4v) is 7.58. The van der Waals surface area contributed by atoms with Gasteiger partial charge in [-0.05, 0) is 70.6 Å². The predicted molar refractivity (Wildman–Crippen MR) is 247 cm³/mol. The molecule has 3 N–H and O–H groups in total. The summed E-state index contributed by atoms with van der Waals surface area (Å²) in [5, 5.41) is 12.7. The molecule has 9 nitrogen and oxygen atoms in total. The summed E-state index contributed by atoms with van der Waals surface area (Å²) in [4.78, 5) is 34.0. The van der Waals surface area contributed by atoms with Gasteiger partial charge in [0.15, 0.2) is 0 Å². The zero-order valence-electron chi connectivity index (χ0n) is 38.2. The average molecular weight is 854 g/mol. The molecule has 0 aromatic heterocycles. The quantitative estimate of drug-likeness (QED) is 0.0239. The van der Waals surface area contributed by atoms with E-state index in [-0.39, 0.29) is 32.1 Å². The van der Waals surface area contributed by atoms with Crippen LogP contribution in [0.1, 0.15) is 232 Å². The van der Waals surface area contributed by atoms with Gasteiger partial charge in [0.25, 0.3) is 0 Å². The van der Waals surface area contributed by atoms with E-state index in [9.17, 15) is 24.2 Å². The van der Waals surface area contributed by atoms with Gasteiger partial charge in [0, 0.05) is 19.4 Å². The summed E-state index contributed by atoms with van der Waals surface area (Å²) < 4.78 is 27.0. The Hall–Kier alpha value is -1.77. The minimum atomic E-state index is -4.42. The summed E-state index contributed by atoms with van der Waals surface area (Å²) in [6.07, 6.45) is 52.2. The van der Waals surface area contributed by atoms with E-state index in [4.69, 9.17) is 13.8 Å². The van der Waals surface area contributed by atoms with Gasteiger partial charge in [0.1, 0.15) is 12.7 Å². The molecule has 0 aromatic rings. The zero-order valence-corrected chi connectivity index (χ0v) is 39.1. The van der Waals surface area contributed by atoms with Crippen molar-refractivity contribution in [1.82, 2.24) is 5.32 Å². The lowest BCUT2D eigenvalue weighted by Crippen LogP contribution is -2.27. The van der Waals surface area contributed by atoms with Crippen molar-refractivity contribution in [3.8, 4) is 0 Å². The summed E-state index contributed by atoms with van der Waals surface area (Å²) in [6.45, 7) is 3.55. The molecule has 346 valence electrons. The molecule has 2 atom stereocenters. The molecule has 0 aliphatic heterocycles. The molecule has 0 spiro atoms. The molecule has 0 saturated heterocycles.